The van der Waals surface area contributed by atoms with E-state index >= 15 is 0 Å². The third kappa shape index (κ3) is 3.24. The zero-order chi connectivity index (χ0) is 14.9. The summed E-state index contributed by atoms with van der Waals surface area (Å²) in [5, 5.41) is 14.1. The van der Waals surface area contributed by atoms with Crippen molar-refractivity contribution in [1.29, 1.82) is 0 Å². The molecule has 0 spiro atoms. The van der Waals surface area contributed by atoms with Gasteiger partial charge < -0.3 is 9.84 Å². The Labute approximate surface area is 135 Å². The van der Waals surface area contributed by atoms with Crippen molar-refractivity contribution < 1.29 is 9.84 Å². The van der Waals surface area contributed by atoms with Gasteiger partial charge in [-0.1, -0.05) is 15.9 Å². The number of hydrogen-bond donors (Lipinski definition) is 1. The molecule has 0 aliphatic heterocycles. The number of ether oxygens (including phenoxy) is 1. The maximum absolute atomic E-state index is 9.81. The van der Waals surface area contributed by atoms with Gasteiger partial charge in [-0.25, -0.2) is 0 Å². The Morgan fingerprint density at radius 3 is 2.65 bits per heavy atom. The fourth-order valence-electron chi connectivity index (χ4n) is 1.96. The average molecular weight is 404 g/mol. The van der Waals surface area contributed by atoms with Crippen molar-refractivity contribution >= 4 is 31.9 Å². The summed E-state index contributed by atoms with van der Waals surface area (Å²) in [6, 6.07) is 5.61. The van der Waals surface area contributed by atoms with Crippen LogP contribution in [0.3, 0.4) is 0 Å². The molecule has 20 heavy (non-hydrogen) atoms. The number of hydrogen-bond acceptors (Lipinski definition) is 3. The summed E-state index contributed by atoms with van der Waals surface area (Å²) in [7, 11) is 1.88. The number of aromatic nitrogens is 2. The van der Waals surface area contributed by atoms with Crippen LogP contribution in [0.2, 0.25) is 0 Å². The largest absolute Gasteiger partial charge is 0.487 e. The van der Waals surface area contributed by atoms with E-state index in [9.17, 15) is 5.11 Å². The zero-order valence-electron chi connectivity index (χ0n) is 11.5. The van der Waals surface area contributed by atoms with E-state index < -0.39 is 6.10 Å². The highest BCUT2D eigenvalue weighted by Gasteiger charge is 2.14. The zero-order valence-corrected chi connectivity index (χ0v) is 14.7. The molecule has 2 aromatic rings. The highest BCUT2D eigenvalue weighted by Crippen LogP contribution is 2.30. The van der Waals surface area contributed by atoms with Crippen LogP contribution >= 0.6 is 31.9 Å². The maximum atomic E-state index is 9.81. The first-order valence-corrected chi connectivity index (χ1v) is 7.77. The Morgan fingerprint density at radius 1 is 1.40 bits per heavy atom. The van der Waals surface area contributed by atoms with Gasteiger partial charge in [-0.3, -0.25) is 4.68 Å². The van der Waals surface area contributed by atoms with Gasteiger partial charge in [-0.2, -0.15) is 5.10 Å². The van der Waals surface area contributed by atoms with Crippen LogP contribution in [0.15, 0.2) is 27.1 Å². The molecule has 1 aromatic carbocycles. The van der Waals surface area contributed by atoms with Gasteiger partial charge in [0.2, 0.25) is 0 Å². The van der Waals surface area contributed by atoms with E-state index in [1.807, 2.05) is 32.2 Å². The van der Waals surface area contributed by atoms with Crippen molar-refractivity contribution in [3.05, 3.63) is 44.1 Å². The van der Waals surface area contributed by atoms with Crippen LogP contribution in [0.5, 0.6) is 5.75 Å². The standard InChI is InChI=1S/C14H16Br2N2O2/c1-8-14(16)12(18(3)17-8)7-20-13-5-4-10(15)6-11(13)9(2)19/h4-6,9,19H,7H2,1-3H3/t9-/m1/s1. The lowest BCUT2D eigenvalue weighted by atomic mass is 10.1. The molecule has 6 heteroatoms. The predicted molar refractivity (Wildman–Crippen MR) is 84.8 cm³/mol. The number of nitrogens with zero attached hydrogens (tertiary/aromatic N) is 2. The van der Waals surface area contributed by atoms with Gasteiger partial charge in [0.05, 0.1) is 22.0 Å². The molecular formula is C14H16Br2N2O2. The lowest BCUT2D eigenvalue weighted by Gasteiger charge is -2.14. The number of aryl methyl sites for hydroxylation is 2. The number of rotatable bonds is 4. The summed E-state index contributed by atoms with van der Waals surface area (Å²) >= 11 is 6.91. The first kappa shape index (κ1) is 15.5. The minimum atomic E-state index is -0.584. The fourth-order valence-corrected chi connectivity index (χ4v) is 2.79. The Bertz CT molecular complexity index is 624. The van der Waals surface area contributed by atoms with Crippen LogP contribution in [0.25, 0.3) is 0 Å². The molecule has 0 radical (unpaired) electrons. The Kier molecular flexibility index (Phi) is 4.88. The SMILES string of the molecule is Cc1nn(C)c(COc2ccc(Br)cc2[C@@H](C)O)c1Br. The highest BCUT2D eigenvalue weighted by molar-refractivity contribution is 9.10. The van der Waals surface area contributed by atoms with Crippen molar-refractivity contribution in [2.24, 2.45) is 7.05 Å². The molecule has 1 atom stereocenters. The molecule has 0 amide bonds. The normalized spacial score (nSPS) is 12.5. The summed E-state index contributed by atoms with van der Waals surface area (Å²) in [6.07, 6.45) is -0.584. The van der Waals surface area contributed by atoms with Crippen LogP contribution in [0, 0.1) is 6.92 Å². The van der Waals surface area contributed by atoms with E-state index in [-0.39, 0.29) is 0 Å². The van der Waals surface area contributed by atoms with E-state index in [0.29, 0.717) is 12.4 Å². The van der Waals surface area contributed by atoms with Gasteiger partial charge >= 0.3 is 0 Å². The number of benzene rings is 1. The quantitative estimate of drug-likeness (QED) is 0.842. The van der Waals surface area contributed by atoms with E-state index in [4.69, 9.17) is 4.74 Å². The Morgan fingerprint density at radius 2 is 2.10 bits per heavy atom. The lowest BCUT2D eigenvalue weighted by Crippen LogP contribution is -2.06. The number of halogens is 2. The second-order valence-electron chi connectivity index (χ2n) is 4.62. The summed E-state index contributed by atoms with van der Waals surface area (Å²) in [5.41, 5.74) is 2.65. The van der Waals surface area contributed by atoms with Gasteiger partial charge in [0.15, 0.2) is 0 Å². The van der Waals surface area contributed by atoms with Crippen molar-refractivity contribution in [2.75, 3.05) is 0 Å². The molecule has 1 heterocycles. The second-order valence-corrected chi connectivity index (χ2v) is 6.33. The summed E-state index contributed by atoms with van der Waals surface area (Å²) in [4.78, 5) is 0. The third-order valence-corrected chi connectivity index (χ3v) is 4.57. The molecule has 1 aromatic heterocycles. The molecule has 0 bridgehead atoms. The second kappa shape index (κ2) is 6.28. The Balaban J connectivity index is 2.23. The summed E-state index contributed by atoms with van der Waals surface area (Å²) < 4.78 is 9.50. The molecule has 0 saturated heterocycles. The van der Waals surface area contributed by atoms with Gasteiger partial charge in [-0.15, -0.1) is 0 Å². The van der Waals surface area contributed by atoms with E-state index in [0.717, 1.165) is 25.9 Å². The Hall–Kier alpha value is -0.850. The van der Waals surface area contributed by atoms with Crippen molar-refractivity contribution in [1.82, 2.24) is 9.78 Å². The van der Waals surface area contributed by atoms with Crippen molar-refractivity contribution in [2.45, 2.75) is 26.6 Å². The topological polar surface area (TPSA) is 47.3 Å². The first-order chi connectivity index (χ1) is 9.40. The molecule has 0 fully saturated rings. The van der Waals surface area contributed by atoms with Gasteiger partial charge in [-0.05, 0) is 48.0 Å². The van der Waals surface area contributed by atoms with Crippen LogP contribution in [0.1, 0.15) is 30.0 Å². The molecule has 108 valence electrons. The lowest BCUT2D eigenvalue weighted by molar-refractivity contribution is 0.189. The molecule has 0 aliphatic rings. The maximum Gasteiger partial charge on any atom is 0.131 e. The van der Waals surface area contributed by atoms with E-state index in [1.165, 1.54) is 0 Å². The van der Waals surface area contributed by atoms with Crippen LogP contribution < -0.4 is 4.74 Å². The minimum absolute atomic E-state index is 0.388. The summed E-state index contributed by atoms with van der Waals surface area (Å²) in [5.74, 6) is 0.675. The molecule has 0 aliphatic carbocycles. The van der Waals surface area contributed by atoms with Gasteiger partial charge in [0.1, 0.15) is 12.4 Å². The van der Waals surface area contributed by atoms with Crippen LogP contribution in [0.4, 0.5) is 0 Å². The highest BCUT2D eigenvalue weighted by atomic mass is 79.9. The van der Waals surface area contributed by atoms with E-state index in [2.05, 4.69) is 37.0 Å². The molecule has 1 N–H and O–H groups in total. The predicted octanol–water partition coefficient (Wildman–Crippen LogP) is 3.89. The molecular weight excluding hydrogens is 388 g/mol. The molecule has 0 unspecified atom stereocenters. The average Bonchev–Trinajstić information content (AvgIpc) is 2.62. The van der Waals surface area contributed by atoms with Crippen molar-refractivity contribution in [3.8, 4) is 5.75 Å². The third-order valence-electron chi connectivity index (χ3n) is 3.05. The monoisotopic (exact) mass is 402 g/mol. The van der Waals surface area contributed by atoms with Gasteiger partial charge in [0, 0.05) is 17.1 Å². The van der Waals surface area contributed by atoms with Crippen LogP contribution in [-0.2, 0) is 13.7 Å². The first-order valence-electron chi connectivity index (χ1n) is 6.18. The number of aliphatic hydroxyl groups excluding tert-OH is 1. The van der Waals surface area contributed by atoms with Crippen molar-refractivity contribution in [3.63, 3.8) is 0 Å². The number of aliphatic hydroxyl groups is 1. The van der Waals surface area contributed by atoms with E-state index in [1.54, 1.807) is 11.6 Å². The minimum Gasteiger partial charge on any atom is -0.487 e. The molecule has 0 saturated carbocycles. The molecule has 4 nitrogen and oxygen atoms in total. The smallest absolute Gasteiger partial charge is 0.131 e. The van der Waals surface area contributed by atoms with Crippen LogP contribution in [-0.4, -0.2) is 14.9 Å². The fraction of sp³-hybridized carbons (Fsp3) is 0.357. The summed E-state index contributed by atoms with van der Waals surface area (Å²) in [6.45, 7) is 4.05. The molecule has 2 rings (SSSR count). The van der Waals surface area contributed by atoms with Gasteiger partial charge in [0.25, 0.3) is 0 Å².